The third kappa shape index (κ3) is 5.39. The van der Waals surface area contributed by atoms with E-state index < -0.39 is 17.3 Å². The van der Waals surface area contributed by atoms with Gasteiger partial charge in [0.2, 0.25) is 5.88 Å². The van der Waals surface area contributed by atoms with Gasteiger partial charge in [-0.15, -0.1) is 0 Å². The van der Waals surface area contributed by atoms with E-state index in [-0.39, 0.29) is 17.2 Å². The molecule has 6 rings (SSSR count). The second-order valence-electron chi connectivity index (χ2n) is 10.3. The zero-order valence-corrected chi connectivity index (χ0v) is 24.5. The molecule has 1 N–H and O–H groups in total. The molecule has 10 nitrogen and oxygen atoms in total. The smallest absolute Gasteiger partial charge is 0.268 e. The molecule has 1 amide bonds. The van der Waals surface area contributed by atoms with Gasteiger partial charge in [0.25, 0.3) is 11.5 Å². The molecule has 0 aliphatic heterocycles. The minimum absolute atomic E-state index is 0.0142. The Labute approximate surface area is 252 Å². The first-order valence-electron chi connectivity index (χ1n) is 13.9. The number of hydrogen-bond acceptors (Lipinski definition) is 8. The Morgan fingerprint density at radius 3 is 2.32 bits per heavy atom. The van der Waals surface area contributed by atoms with Crippen molar-refractivity contribution in [2.45, 2.75) is 25.7 Å². The van der Waals surface area contributed by atoms with Crippen molar-refractivity contribution >= 4 is 22.5 Å². The summed E-state index contributed by atoms with van der Waals surface area (Å²) in [5, 5.41) is 3.17. The van der Waals surface area contributed by atoms with Crippen LogP contribution in [0.4, 0.5) is 10.1 Å². The summed E-state index contributed by atoms with van der Waals surface area (Å²) in [5.74, 6) is 0.608. The van der Waals surface area contributed by atoms with Gasteiger partial charge in [-0.05, 0) is 73.7 Å². The minimum Gasteiger partial charge on any atom is -0.493 e. The molecule has 44 heavy (non-hydrogen) atoms. The van der Waals surface area contributed by atoms with Gasteiger partial charge < -0.3 is 24.3 Å². The van der Waals surface area contributed by atoms with E-state index in [0.717, 1.165) is 30.3 Å². The Bertz CT molecular complexity index is 1950. The van der Waals surface area contributed by atoms with Gasteiger partial charge in [0, 0.05) is 28.9 Å². The molecule has 2 aromatic carbocycles. The first-order chi connectivity index (χ1) is 21.3. The number of methoxy groups -OCH3 is 3. The highest BCUT2D eigenvalue weighted by Crippen LogP contribution is 2.41. The first kappa shape index (κ1) is 28.7. The number of pyridine rings is 3. The number of rotatable bonds is 9. The van der Waals surface area contributed by atoms with Crippen LogP contribution < -0.4 is 29.8 Å². The Balaban J connectivity index is 1.26. The molecule has 11 heteroatoms. The molecule has 3 heterocycles. The zero-order chi connectivity index (χ0) is 31.0. The Morgan fingerprint density at radius 1 is 0.932 bits per heavy atom. The van der Waals surface area contributed by atoms with Crippen LogP contribution in [0.25, 0.3) is 16.6 Å². The van der Waals surface area contributed by atoms with E-state index in [1.807, 2.05) is 13.0 Å². The highest BCUT2D eigenvalue weighted by molar-refractivity contribution is 6.04. The van der Waals surface area contributed by atoms with E-state index in [4.69, 9.17) is 18.9 Å². The van der Waals surface area contributed by atoms with Crippen LogP contribution in [0.15, 0.2) is 71.8 Å². The number of anilines is 1. The minimum atomic E-state index is -0.657. The molecule has 224 valence electrons. The maximum atomic E-state index is 14.8. The van der Waals surface area contributed by atoms with Crippen LogP contribution in [0.3, 0.4) is 0 Å². The summed E-state index contributed by atoms with van der Waals surface area (Å²) in [6.07, 6.45) is 4.61. The first-order valence-corrected chi connectivity index (χ1v) is 13.9. The average Bonchev–Trinajstić information content (AvgIpc) is 3.88. The largest absolute Gasteiger partial charge is 0.493 e. The van der Waals surface area contributed by atoms with Gasteiger partial charge in [0.05, 0.1) is 44.9 Å². The number of benzene rings is 2. The number of nitrogens with zero attached hydrogens (tertiary/aromatic N) is 3. The molecule has 3 aromatic heterocycles. The topological polar surface area (TPSA) is 114 Å². The van der Waals surface area contributed by atoms with E-state index in [2.05, 4.69) is 15.3 Å². The summed E-state index contributed by atoms with van der Waals surface area (Å²) in [5.41, 5.74) is 2.67. The normalized spacial score (nSPS) is 12.6. The molecule has 1 aliphatic carbocycles. The second-order valence-corrected chi connectivity index (χ2v) is 10.3. The van der Waals surface area contributed by atoms with Gasteiger partial charge in [-0.25, -0.2) is 9.37 Å². The van der Waals surface area contributed by atoms with Crippen LogP contribution >= 0.6 is 0 Å². The number of nitrogens with one attached hydrogen (secondary N) is 1. The molecular formula is C33H29FN4O6. The lowest BCUT2D eigenvalue weighted by molar-refractivity contribution is 0.102. The van der Waals surface area contributed by atoms with Gasteiger partial charge in [-0.1, -0.05) is 0 Å². The van der Waals surface area contributed by atoms with Crippen molar-refractivity contribution in [1.29, 1.82) is 0 Å². The summed E-state index contributed by atoms with van der Waals surface area (Å²) in [6.45, 7) is 1.87. The Morgan fingerprint density at radius 2 is 1.66 bits per heavy atom. The van der Waals surface area contributed by atoms with Crippen molar-refractivity contribution in [1.82, 2.24) is 14.5 Å². The van der Waals surface area contributed by atoms with E-state index in [0.29, 0.717) is 45.4 Å². The summed E-state index contributed by atoms with van der Waals surface area (Å²) >= 11 is 0. The molecule has 0 saturated heterocycles. The van der Waals surface area contributed by atoms with Gasteiger partial charge >= 0.3 is 0 Å². The molecule has 0 unspecified atom stereocenters. The number of halogens is 1. The van der Waals surface area contributed by atoms with E-state index >= 15 is 0 Å². The summed E-state index contributed by atoms with van der Waals surface area (Å²) in [6, 6.07) is 14.8. The van der Waals surface area contributed by atoms with Crippen LogP contribution in [0, 0.1) is 12.7 Å². The monoisotopic (exact) mass is 596 g/mol. The summed E-state index contributed by atoms with van der Waals surface area (Å²) < 4.78 is 38.2. The Kier molecular flexibility index (Phi) is 7.60. The number of ether oxygens (including phenoxy) is 4. The van der Waals surface area contributed by atoms with Crippen molar-refractivity contribution in [3.8, 4) is 34.6 Å². The third-order valence-electron chi connectivity index (χ3n) is 7.47. The lowest BCUT2D eigenvalue weighted by Gasteiger charge is -2.16. The fourth-order valence-electron chi connectivity index (χ4n) is 5.04. The molecule has 5 aromatic rings. The van der Waals surface area contributed by atoms with Gasteiger partial charge in [-0.2, -0.15) is 0 Å². The third-order valence-corrected chi connectivity index (χ3v) is 7.47. The predicted octanol–water partition coefficient (Wildman–Crippen LogP) is 6.18. The Hall–Kier alpha value is -5.45. The van der Waals surface area contributed by atoms with Gasteiger partial charge in [0.1, 0.15) is 11.3 Å². The predicted molar refractivity (Wildman–Crippen MR) is 162 cm³/mol. The van der Waals surface area contributed by atoms with Crippen molar-refractivity contribution in [3.63, 3.8) is 0 Å². The van der Waals surface area contributed by atoms with Crippen LogP contribution in [-0.2, 0) is 0 Å². The van der Waals surface area contributed by atoms with Crippen LogP contribution in [-0.4, -0.2) is 41.8 Å². The lowest BCUT2D eigenvalue weighted by atomic mass is 10.1. The van der Waals surface area contributed by atoms with Crippen LogP contribution in [0.1, 0.15) is 40.4 Å². The second kappa shape index (κ2) is 11.7. The molecule has 0 bridgehead atoms. The molecule has 0 atom stereocenters. The number of aromatic nitrogens is 3. The summed E-state index contributed by atoms with van der Waals surface area (Å²) in [4.78, 5) is 35.4. The number of aryl methyl sites for hydroxylation is 1. The van der Waals surface area contributed by atoms with Crippen molar-refractivity contribution in [2.24, 2.45) is 0 Å². The van der Waals surface area contributed by atoms with Crippen LogP contribution in [0.5, 0.6) is 28.9 Å². The molecule has 0 spiro atoms. The maximum Gasteiger partial charge on any atom is 0.268 e. The maximum absolute atomic E-state index is 14.8. The number of amides is 1. The van der Waals surface area contributed by atoms with Crippen molar-refractivity contribution < 1.29 is 28.1 Å². The number of carbonyl (C=O) groups is 1. The lowest BCUT2D eigenvalue weighted by Crippen LogP contribution is -2.30. The molecule has 1 saturated carbocycles. The highest BCUT2D eigenvalue weighted by Gasteiger charge is 2.29. The van der Waals surface area contributed by atoms with Crippen molar-refractivity contribution in [2.75, 3.05) is 26.6 Å². The van der Waals surface area contributed by atoms with E-state index in [9.17, 15) is 14.0 Å². The number of carbonyl (C=O) groups excluding carboxylic acids is 1. The molecule has 1 fully saturated rings. The number of fused-ring (bicyclic) bond motifs is 1. The SMILES string of the molecule is COc1cc(C)c(-n2c(C3CC3)ccc(C(=O)Nc3ccc(Oc4c(F)cnc5cc(OC)c(OC)cc45)cc3)c2=O)cn1. The zero-order valence-electron chi connectivity index (χ0n) is 24.5. The van der Waals surface area contributed by atoms with Gasteiger partial charge in [-0.3, -0.25) is 19.1 Å². The quantitative estimate of drug-likeness (QED) is 0.215. The van der Waals surface area contributed by atoms with Crippen molar-refractivity contribution in [3.05, 3.63) is 100.0 Å². The molecule has 1 aliphatic rings. The standard InChI is InChI=1S/C33H29FN4O6/c1-18-13-30(43-4)36-17-27(18)38-26(19-5-6-19)12-11-22(33(38)40)32(39)37-20-7-9-21(10-8-20)44-31-23-14-28(41-2)29(42-3)15-25(23)35-16-24(31)34/h7-17,19H,5-6H2,1-4H3,(H,37,39). The highest BCUT2D eigenvalue weighted by atomic mass is 19.1. The summed E-state index contributed by atoms with van der Waals surface area (Å²) in [7, 11) is 4.52. The van der Waals surface area contributed by atoms with E-state index in [1.54, 1.807) is 59.3 Å². The molecule has 0 radical (unpaired) electrons. The average molecular weight is 597 g/mol. The fraction of sp³-hybridized carbons (Fsp3) is 0.212. The van der Waals surface area contributed by atoms with Gasteiger partial charge in [0.15, 0.2) is 23.1 Å². The number of hydrogen-bond donors (Lipinski definition) is 1. The fourth-order valence-corrected chi connectivity index (χ4v) is 5.04. The molecular weight excluding hydrogens is 567 g/mol. The van der Waals surface area contributed by atoms with E-state index in [1.165, 1.54) is 21.3 Å². The van der Waals surface area contributed by atoms with Crippen LogP contribution in [0.2, 0.25) is 0 Å².